The van der Waals surface area contributed by atoms with Crippen molar-refractivity contribution in [3.8, 4) is 11.4 Å². The zero-order chi connectivity index (χ0) is 16.7. The van der Waals surface area contributed by atoms with E-state index in [0.717, 1.165) is 10.3 Å². The summed E-state index contributed by atoms with van der Waals surface area (Å²) >= 11 is 5.96. The Morgan fingerprint density at radius 1 is 0.958 bits per heavy atom. The molecule has 4 rings (SSSR count). The van der Waals surface area contributed by atoms with Crippen LogP contribution in [0.3, 0.4) is 0 Å². The third-order valence-corrected chi connectivity index (χ3v) is 3.93. The number of fused-ring (bicyclic) bond motifs is 1. The van der Waals surface area contributed by atoms with Gasteiger partial charge in [-0.15, -0.1) is 0 Å². The minimum Gasteiger partial charge on any atom is -0.291 e. The van der Waals surface area contributed by atoms with E-state index in [1.165, 1.54) is 10.9 Å². The van der Waals surface area contributed by atoms with Gasteiger partial charge >= 0.3 is 5.69 Å². The summed E-state index contributed by atoms with van der Waals surface area (Å²) in [6, 6.07) is 15.8. The lowest BCUT2D eigenvalue weighted by Crippen LogP contribution is -2.33. The summed E-state index contributed by atoms with van der Waals surface area (Å²) in [5.41, 5.74) is 0.520. The van der Waals surface area contributed by atoms with E-state index in [9.17, 15) is 9.59 Å². The number of para-hydroxylation sites is 1. The third kappa shape index (κ3) is 2.24. The van der Waals surface area contributed by atoms with Crippen molar-refractivity contribution in [3.05, 3.63) is 86.7 Å². The third-order valence-electron chi connectivity index (χ3n) is 3.70. The molecule has 0 spiro atoms. The van der Waals surface area contributed by atoms with Crippen LogP contribution < -0.4 is 11.2 Å². The van der Waals surface area contributed by atoms with E-state index in [4.69, 9.17) is 11.6 Å². The number of halogens is 1. The van der Waals surface area contributed by atoms with Gasteiger partial charge in [0, 0.05) is 5.02 Å². The van der Waals surface area contributed by atoms with Crippen molar-refractivity contribution in [2.45, 2.75) is 0 Å². The Morgan fingerprint density at radius 3 is 2.46 bits per heavy atom. The monoisotopic (exact) mass is 338 g/mol. The van der Waals surface area contributed by atoms with Crippen molar-refractivity contribution < 1.29 is 0 Å². The van der Waals surface area contributed by atoms with Crippen molar-refractivity contribution in [2.75, 3.05) is 0 Å². The summed E-state index contributed by atoms with van der Waals surface area (Å²) in [7, 11) is 0. The number of nitrogens with zero attached hydrogens (tertiary/aromatic N) is 3. The van der Waals surface area contributed by atoms with Crippen LogP contribution in [0.25, 0.3) is 22.4 Å². The Labute approximate surface area is 140 Å². The number of hydrogen-bond donors (Lipinski definition) is 1. The molecule has 2 aromatic carbocycles. The van der Waals surface area contributed by atoms with E-state index in [0.29, 0.717) is 21.7 Å². The molecular formula is C17H11ClN4O2. The van der Waals surface area contributed by atoms with E-state index < -0.39 is 11.2 Å². The Balaban J connectivity index is 2.01. The zero-order valence-corrected chi connectivity index (χ0v) is 13.1. The second-order valence-corrected chi connectivity index (χ2v) is 5.64. The summed E-state index contributed by atoms with van der Waals surface area (Å²) in [5, 5.41) is 4.99. The lowest BCUT2D eigenvalue weighted by Gasteiger charge is -2.06. The van der Waals surface area contributed by atoms with Crippen molar-refractivity contribution in [2.24, 2.45) is 0 Å². The molecule has 0 aliphatic rings. The van der Waals surface area contributed by atoms with Gasteiger partial charge in [0.2, 0.25) is 0 Å². The first kappa shape index (κ1) is 14.5. The Hall–Kier alpha value is -3.12. The highest BCUT2D eigenvalue weighted by Gasteiger charge is 2.14. The van der Waals surface area contributed by atoms with Crippen LogP contribution in [0.4, 0.5) is 0 Å². The molecule has 0 fully saturated rings. The molecule has 0 saturated carbocycles. The van der Waals surface area contributed by atoms with Gasteiger partial charge in [0.05, 0.1) is 17.6 Å². The molecular weight excluding hydrogens is 328 g/mol. The largest absolute Gasteiger partial charge is 0.334 e. The number of aromatic nitrogens is 4. The normalized spacial score (nSPS) is 11.0. The smallest absolute Gasteiger partial charge is 0.291 e. The lowest BCUT2D eigenvalue weighted by atomic mass is 10.3. The SMILES string of the molecule is O=c1[nH]c2c(cnn2-c2ccccc2)c(=O)n1-c1cccc(Cl)c1. The average Bonchev–Trinajstić information content (AvgIpc) is 3.00. The van der Waals surface area contributed by atoms with Gasteiger partial charge in [0.1, 0.15) is 5.39 Å². The molecule has 1 N–H and O–H groups in total. The van der Waals surface area contributed by atoms with Crippen LogP contribution in [0.5, 0.6) is 0 Å². The van der Waals surface area contributed by atoms with Crippen LogP contribution in [0.2, 0.25) is 5.02 Å². The molecule has 0 amide bonds. The lowest BCUT2D eigenvalue weighted by molar-refractivity contribution is 0.862. The first-order valence-corrected chi connectivity index (χ1v) is 7.57. The highest BCUT2D eigenvalue weighted by molar-refractivity contribution is 6.30. The van der Waals surface area contributed by atoms with Gasteiger partial charge in [-0.25, -0.2) is 14.0 Å². The number of hydrogen-bond acceptors (Lipinski definition) is 3. The summed E-state index contributed by atoms with van der Waals surface area (Å²) in [5.74, 6) is 0. The quantitative estimate of drug-likeness (QED) is 0.610. The Bertz CT molecular complexity index is 1160. The van der Waals surface area contributed by atoms with Crippen molar-refractivity contribution in [1.29, 1.82) is 0 Å². The van der Waals surface area contributed by atoms with Crippen molar-refractivity contribution in [1.82, 2.24) is 19.3 Å². The van der Waals surface area contributed by atoms with Crippen LogP contribution in [-0.4, -0.2) is 19.3 Å². The topological polar surface area (TPSA) is 72.7 Å². The van der Waals surface area contributed by atoms with E-state index >= 15 is 0 Å². The first-order chi connectivity index (χ1) is 11.6. The van der Waals surface area contributed by atoms with Gasteiger partial charge in [-0.1, -0.05) is 35.9 Å². The fourth-order valence-corrected chi connectivity index (χ4v) is 2.79. The van der Waals surface area contributed by atoms with Crippen LogP contribution in [-0.2, 0) is 0 Å². The molecule has 7 heteroatoms. The Morgan fingerprint density at radius 2 is 1.71 bits per heavy atom. The van der Waals surface area contributed by atoms with E-state index in [-0.39, 0.29) is 0 Å². The molecule has 0 aliphatic carbocycles. The first-order valence-electron chi connectivity index (χ1n) is 7.19. The fraction of sp³-hybridized carbons (Fsp3) is 0. The molecule has 0 radical (unpaired) electrons. The summed E-state index contributed by atoms with van der Waals surface area (Å²) in [6.45, 7) is 0. The van der Waals surface area contributed by atoms with Crippen LogP contribution >= 0.6 is 11.6 Å². The maximum Gasteiger partial charge on any atom is 0.334 e. The number of H-pyrrole nitrogens is 1. The predicted molar refractivity (Wildman–Crippen MR) is 92.3 cm³/mol. The molecule has 0 aliphatic heterocycles. The molecule has 0 bridgehead atoms. The Kier molecular flexibility index (Phi) is 3.32. The minimum atomic E-state index is -0.549. The van der Waals surface area contributed by atoms with Gasteiger partial charge in [0.25, 0.3) is 5.56 Å². The highest BCUT2D eigenvalue weighted by atomic mass is 35.5. The van der Waals surface area contributed by atoms with Gasteiger partial charge < -0.3 is 0 Å². The standard InChI is InChI=1S/C17H11ClN4O2/c18-11-5-4-8-13(9-11)21-16(23)14-10-19-22(15(14)20-17(21)24)12-6-2-1-3-7-12/h1-10H,(H,20,24). The molecule has 118 valence electrons. The number of nitrogens with one attached hydrogen (secondary N) is 1. The summed E-state index contributed by atoms with van der Waals surface area (Å²) in [4.78, 5) is 28.0. The van der Waals surface area contributed by atoms with Crippen LogP contribution in [0, 0.1) is 0 Å². The summed E-state index contributed by atoms with van der Waals surface area (Å²) in [6.07, 6.45) is 1.45. The van der Waals surface area contributed by atoms with Gasteiger partial charge in [0.15, 0.2) is 5.65 Å². The highest BCUT2D eigenvalue weighted by Crippen LogP contribution is 2.15. The molecule has 0 saturated heterocycles. The van der Waals surface area contributed by atoms with Crippen LogP contribution in [0.1, 0.15) is 0 Å². The van der Waals surface area contributed by atoms with Crippen molar-refractivity contribution in [3.63, 3.8) is 0 Å². The van der Waals surface area contributed by atoms with E-state index in [1.54, 1.807) is 24.3 Å². The molecule has 0 atom stereocenters. The van der Waals surface area contributed by atoms with Crippen molar-refractivity contribution >= 4 is 22.6 Å². The molecule has 0 unspecified atom stereocenters. The van der Waals surface area contributed by atoms with E-state index in [1.807, 2.05) is 30.3 Å². The maximum atomic E-state index is 12.8. The fourth-order valence-electron chi connectivity index (χ4n) is 2.61. The number of rotatable bonds is 2. The maximum absolute atomic E-state index is 12.8. The predicted octanol–water partition coefficient (Wildman–Crippen LogP) is 2.52. The van der Waals surface area contributed by atoms with Gasteiger partial charge in [-0.2, -0.15) is 5.10 Å². The molecule has 2 aromatic heterocycles. The molecule has 4 aromatic rings. The molecule has 2 heterocycles. The summed E-state index contributed by atoms with van der Waals surface area (Å²) < 4.78 is 2.58. The van der Waals surface area contributed by atoms with Gasteiger partial charge in [-0.05, 0) is 30.3 Å². The minimum absolute atomic E-state index is 0.318. The average molecular weight is 339 g/mol. The number of benzene rings is 2. The van der Waals surface area contributed by atoms with Crippen LogP contribution in [0.15, 0.2) is 70.4 Å². The second-order valence-electron chi connectivity index (χ2n) is 5.20. The number of aromatic amines is 1. The van der Waals surface area contributed by atoms with Gasteiger partial charge in [-0.3, -0.25) is 9.78 Å². The molecule has 24 heavy (non-hydrogen) atoms. The molecule has 6 nitrogen and oxygen atoms in total. The zero-order valence-electron chi connectivity index (χ0n) is 12.3. The second kappa shape index (κ2) is 5.50. The van der Waals surface area contributed by atoms with E-state index in [2.05, 4.69) is 10.1 Å².